The van der Waals surface area contributed by atoms with Crippen LogP contribution in [0.5, 0.6) is 0 Å². The van der Waals surface area contributed by atoms with Gasteiger partial charge in [-0.1, -0.05) is 23.9 Å². The Labute approximate surface area is 129 Å². The first kappa shape index (κ1) is 14.7. The summed E-state index contributed by atoms with van der Waals surface area (Å²) in [6.45, 7) is -0.845. The van der Waals surface area contributed by atoms with Gasteiger partial charge in [-0.15, -0.1) is 0 Å². The number of nitrogens with two attached hydrogens (primary N) is 1. The second kappa shape index (κ2) is 5.88. The third-order valence-corrected chi connectivity index (χ3v) is 3.89. The quantitative estimate of drug-likeness (QED) is 0.589. The second-order valence-electron chi connectivity index (χ2n) is 4.67. The zero-order valence-electron chi connectivity index (χ0n) is 11.7. The van der Waals surface area contributed by atoms with Crippen LogP contribution in [0.3, 0.4) is 0 Å². The van der Waals surface area contributed by atoms with Gasteiger partial charge in [-0.25, -0.2) is 15.0 Å². The van der Waals surface area contributed by atoms with E-state index >= 15 is 0 Å². The van der Waals surface area contributed by atoms with Crippen molar-refractivity contribution in [2.75, 3.05) is 5.73 Å². The highest BCUT2D eigenvalue weighted by atomic mass is 32.2. The van der Waals surface area contributed by atoms with E-state index in [2.05, 4.69) is 15.0 Å². The Hall–Kier alpha value is -2.22. The lowest BCUT2D eigenvalue weighted by Gasteiger charge is -2.07. The summed E-state index contributed by atoms with van der Waals surface area (Å²) >= 11 is 1.23. The SMILES string of the molecule is Cc1cc(N)nc(SCc2nc3ccccc3n2C(F)F)n1. The van der Waals surface area contributed by atoms with Gasteiger partial charge in [-0.3, -0.25) is 4.57 Å². The molecule has 0 amide bonds. The highest BCUT2D eigenvalue weighted by Gasteiger charge is 2.17. The summed E-state index contributed by atoms with van der Waals surface area (Å²) in [7, 11) is 0. The van der Waals surface area contributed by atoms with Crippen LogP contribution in [-0.2, 0) is 5.75 Å². The van der Waals surface area contributed by atoms with Crippen molar-refractivity contribution in [3.05, 3.63) is 41.9 Å². The van der Waals surface area contributed by atoms with E-state index in [9.17, 15) is 8.78 Å². The van der Waals surface area contributed by atoms with E-state index in [1.54, 1.807) is 37.3 Å². The topological polar surface area (TPSA) is 69.6 Å². The molecule has 0 saturated heterocycles. The Morgan fingerprint density at radius 3 is 2.73 bits per heavy atom. The molecule has 0 spiro atoms. The number of aromatic nitrogens is 4. The van der Waals surface area contributed by atoms with Gasteiger partial charge >= 0.3 is 6.55 Å². The molecule has 0 saturated carbocycles. The Balaban J connectivity index is 1.91. The molecule has 3 aromatic rings. The first-order valence-corrected chi connectivity index (χ1v) is 7.51. The van der Waals surface area contributed by atoms with Crippen molar-refractivity contribution in [2.45, 2.75) is 24.4 Å². The Kier molecular flexibility index (Phi) is 3.93. The lowest BCUT2D eigenvalue weighted by molar-refractivity contribution is 0.0722. The van der Waals surface area contributed by atoms with Gasteiger partial charge in [0.25, 0.3) is 0 Å². The maximum atomic E-state index is 13.3. The number of para-hydroxylation sites is 2. The minimum Gasteiger partial charge on any atom is -0.384 e. The normalized spacial score (nSPS) is 11.5. The minimum absolute atomic E-state index is 0.238. The van der Waals surface area contributed by atoms with Crippen molar-refractivity contribution in [3.63, 3.8) is 0 Å². The number of imidazole rings is 1. The highest BCUT2D eigenvalue weighted by molar-refractivity contribution is 7.98. The van der Waals surface area contributed by atoms with Crippen molar-refractivity contribution in [2.24, 2.45) is 0 Å². The van der Waals surface area contributed by atoms with E-state index in [-0.39, 0.29) is 11.6 Å². The summed E-state index contributed by atoms with van der Waals surface area (Å²) in [6.07, 6.45) is 0. The number of benzene rings is 1. The summed E-state index contributed by atoms with van der Waals surface area (Å²) in [5, 5.41) is 0.449. The van der Waals surface area contributed by atoms with Gasteiger partial charge in [0.1, 0.15) is 11.6 Å². The van der Waals surface area contributed by atoms with Gasteiger partial charge in [0.15, 0.2) is 5.16 Å². The molecule has 0 atom stereocenters. The number of halogens is 2. The summed E-state index contributed by atoms with van der Waals surface area (Å²) in [5.41, 5.74) is 7.36. The van der Waals surface area contributed by atoms with Crippen molar-refractivity contribution >= 4 is 28.6 Å². The van der Waals surface area contributed by atoms with Crippen LogP contribution in [0, 0.1) is 6.92 Å². The maximum Gasteiger partial charge on any atom is 0.320 e. The molecular weight excluding hydrogens is 308 g/mol. The van der Waals surface area contributed by atoms with Crippen molar-refractivity contribution in [1.82, 2.24) is 19.5 Å². The van der Waals surface area contributed by atoms with Gasteiger partial charge in [-0.05, 0) is 19.1 Å². The van der Waals surface area contributed by atoms with E-state index < -0.39 is 6.55 Å². The monoisotopic (exact) mass is 321 g/mol. The Morgan fingerprint density at radius 2 is 2.00 bits per heavy atom. The van der Waals surface area contributed by atoms with Crippen molar-refractivity contribution in [1.29, 1.82) is 0 Å². The van der Waals surface area contributed by atoms with Gasteiger partial charge < -0.3 is 5.73 Å². The fourth-order valence-corrected chi connectivity index (χ4v) is 3.01. The van der Waals surface area contributed by atoms with Crippen molar-refractivity contribution in [3.8, 4) is 0 Å². The molecule has 0 radical (unpaired) electrons. The first-order valence-electron chi connectivity index (χ1n) is 6.52. The molecular formula is C14H13F2N5S. The number of rotatable bonds is 4. The number of nitrogen functional groups attached to an aromatic ring is 1. The predicted octanol–water partition coefficient (Wildman–Crippen LogP) is 3.40. The molecule has 2 N–H and O–H groups in total. The number of hydrogen-bond donors (Lipinski definition) is 1. The standard InChI is InChI=1S/C14H13F2N5S/c1-8-6-11(17)20-14(18-8)22-7-12-19-9-4-2-3-5-10(9)21(12)13(15)16/h2-6,13H,7H2,1H3,(H2,17,18,20). The molecule has 8 heteroatoms. The Morgan fingerprint density at radius 1 is 1.23 bits per heavy atom. The number of hydrogen-bond acceptors (Lipinski definition) is 5. The highest BCUT2D eigenvalue weighted by Crippen LogP contribution is 2.27. The van der Waals surface area contributed by atoms with Crippen molar-refractivity contribution < 1.29 is 8.78 Å². The van der Waals surface area contributed by atoms with Crippen LogP contribution < -0.4 is 5.73 Å². The molecule has 0 unspecified atom stereocenters. The third kappa shape index (κ3) is 2.87. The molecule has 3 rings (SSSR count). The third-order valence-electron chi connectivity index (χ3n) is 3.05. The van der Waals surface area contributed by atoms with Gasteiger partial charge in [0.05, 0.1) is 16.8 Å². The van der Waals surface area contributed by atoms with E-state index in [4.69, 9.17) is 5.73 Å². The van der Waals surface area contributed by atoms with Crippen LogP contribution in [-0.4, -0.2) is 19.5 Å². The number of alkyl halides is 2. The zero-order valence-corrected chi connectivity index (χ0v) is 12.5. The van der Waals surface area contributed by atoms with Crippen LogP contribution in [0.15, 0.2) is 35.5 Å². The second-order valence-corrected chi connectivity index (χ2v) is 5.61. The first-order chi connectivity index (χ1) is 10.5. The summed E-state index contributed by atoms with van der Waals surface area (Å²) in [6, 6.07) is 8.47. The fourth-order valence-electron chi connectivity index (χ4n) is 2.17. The molecule has 2 aromatic heterocycles. The van der Waals surface area contributed by atoms with E-state index in [1.807, 2.05) is 0 Å². The largest absolute Gasteiger partial charge is 0.384 e. The maximum absolute atomic E-state index is 13.3. The van der Waals surface area contributed by atoms with Crippen LogP contribution >= 0.6 is 11.8 Å². The van der Waals surface area contributed by atoms with Crippen LogP contribution in [0.25, 0.3) is 11.0 Å². The number of thioether (sulfide) groups is 1. The Bertz CT molecular complexity index is 798. The van der Waals surface area contributed by atoms with E-state index in [0.29, 0.717) is 22.0 Å². The zero-order chi connectivity index (χ0) is 15.7. The van der Waals surface area contributed by atoms with Crippen LogP contribution in [0.1, 0.15) is 18.1 Å². The lowest BCUT2D eigenvalue weighted by atomic mass is 10.3. The minimum atomic E-state index is -2.65. The molecule has 1 aromatic carbocycles. The molecule has 0 fully saturated rings. The molecule has 0 aliphatic carbocycles. The molecule has 22 heavy (non-hydrogen) atoms. The van der Waals surface area contributed by atoms with Crippen LogP contribution in [0.4, 0.5) is 14.6 Å². The average Bonchev–Trinajstić information content (AvgIpc) is 2.82. The number of nitrogens with zero attached hydrogens (tertiary/aromatic N) is 4. The van der Waals surface area contributed by atoms with Gasteiger partial charge in [0.2, 0.25) is 0 Å². The van der Waals surface area contributed by atoms with Gasteiger partial charge in [-0.2, -0.15) is 8.78 Å². The summed E-state index contributed by atoms with van der Waals surface area (Å²) in [4.78, 5) is 12.6. The predicted molar refractivity (Wildman–Crippen MR) is 81.7 cm³/mol. The summed E-state index contributed by atoms with van der Waals surface area (Å²) in [5.74, 6) is 0.879. The van der Waals surface area contributed by atoms with E-state index in [1.165, 1.54) is 11.8 Å². The van der Waals surface area contributed by atoms with Crippen LogP contribution in [0.2, 0.25) is 0 Å². The lowest BCUT2D eigenvalue weighted by Crippen LogP contribution is -2.04. The number of fused-ring (bicyclic) bond motifs is 1. The number of aryl methyl sites for hydroxylation is 1. The molecule has 0 aliphatic rings. The smallest absolute Gasteiger partial charge is 0.320 e. The van der Waals surface area contributed by atoms with E-state index in [0.717, 1.165) is 10.3 Å². The molecule has 2 heterocycles. The molecule has 5 nitrogen and oxygen atoms in total. The fraction of sp³-hybridized carbons (Fsp3) is 0.214. The molecule has 114 valence electrons. The average molecular weight is 321 g/mol. The number of anilines is 1. The van der Waals surface area contributed by atoms with Gasteiger partial charge in [0, 0.05) is 11.8 Å². The summed E-state index contributed by atoms with van der Waals surface area (Å²) < 4.78 is 27.5. The molecule has 0 bridgehead atoms. The molecule has 0 aliphatic heterocycles.